The second-order valence-electron chi connectivity index (χ2n) is 6.27. The fourth-order valence-electron chi connectivity index (χ4n) is 2.85. The van der Waals surface area contributed by atoms with E-state index in [0.29, 0.717) is 35.1 Å². The van der Waals surface area contributed by atoms with E-state index in [1.165, 1.54) is 0 Å². The quantitative estimate of drug-likeness (QED) is 0.716. The smallest absolute Gasteiger partial charge is 0.242 e. The molecule has 0 saturated heterocycles. The first-order chi connectivity index (χ1) is 12.9. The third-order valence-electron chi connectivity index (χ3n) is 4.39. The van der Waals surface area contributed by atoms with Crippen LogP contribution in [-0.4, -0.2) is 35.8 Å². The summed E-state index contributed by atoms with van der Waals surface area (Å²) < 4.78 is 0. The highest BCUT2D eigenvalue weighted by molar-refractivity contribution is 6.36. The van der Waals surface area contributed by atoms with E-state index in [0.717, 1.165) is 5.56 Å². The lowest BCUT2D eigenvalue weighted by atomic mass is 10.1. The summed E-state index contributed by atoms with van der Waals surface area (Å²) in [7, 11) is 0. The van der Waals surface area contributed by atoms with Crippen LogP contribution in [0, 0.1) is 0 Å². The number of amides is 2. The molecular weight excluding hydrogens is 383 g/mol. The zero-order chi connectivity index (χ0) is 19.8. The Bertz CT molecular complexity index is 761. The number of rotatable bonds is 8. The van der Waals surface area contributed by atoms with Gasteiger partial charge < -0.3 is 10.2 Å². The molecule has 0 unspecified atom stereocenters. The molecule has 0 aromatic heterocycles. The molecule has 0 aliphatic rings. The predicted octanol–water partition coefficient (Wildman–Crippen LogP) is 4.13. The van der Waals surface area contributed by atoms with E-state index in [1.54, 1.807) is 30.0 Å². The second kappa shape index (κ2) is 10.3. The van der Waals surface area contributed by atoms with Gasteiger partial charge in [-0.1, -0.05) is 59.6 Å². The summed E-state index contributed by atoms with van der Waals surface area (Å²) in [6, 6.07) is 14.4. The fourth-order valence-corrected chi connectivity index (χ4v) is 3.38. The van der Waals surface area contributed by atoms with Crippen LogP contribution in [0.2, 0.25) is 10.0 Å². The van der Waals surface area contributed by atoms with Crippen LogP contribution in [0.15, 0.2) is 48.5 Å². The Morgan fingerprint density at radius 1 is 1.04 bits per heavy atom. The van der Waals surface area contributed by atoms with Crippen molar-refractivity contribution in [1.29, 1.82) is 0 Å². The topological polar surface area (TPSA) is 49.4 Å². The number of nitrogens with zero attached hydrogens (tertiary/aromatic N) is 1. The number of nitrogens with one attached hydrogen (secondary N) is 1. The standard InChI is InChI=1S/C21H24Cl2N2O2/c1-3-24-21(27)15(2)25(13-12-16-8-5-4-6-9-16)20(26)14-17-18(22)10-7-11-19(17)23/h4-11,15H,3,12-14H2,1-2H3,(H,24,27)/t15-/m0/s1. The van der Waals surface area contributed by atoms with E-state index in [1.807, 2.05) is 37.3 Å². The molecule has 0 aliphatic heterocycles. The van der Waals surface area contributed by atoms with E-state index >= 15 is 0 Å². The minimum absolute atomic E-state index is 0.0526. The van der Waals surface area contributed by atoms with Gasteiger partial charge in [-0.05, 0) is 43.5 Å². The molecule has 2 aromatic rings. The lowest BCUT2D eigenvalue weighted by Gasteiger charge is -2.29. The van der Waals surface area contributed by atoms with E-state index in [-0.39, 0.29) is 18.2 Å². The van der Waals surface area contributed by atoms with Gasteiger partial charge in [-0.15, -0.1) is 0 Å². The highest BCUT2D eigenvalue weighted by Gasteiger charge is 2.26. The van der Waals surface area contributed by atoms with Crippen molar-refractivity contribution in [2.75, 3.05) is 13.1 Å². The number of hydrogen-bond donors (Lipinski definition) is 1. The maximum absolute atomic E-state index is 13.0. The number of likely N-dealkylation sites (N-methyl/N-ethyl adjacent to an activating group) is 1. The number of carbonyl (C=O) groups excluding carboxylic acids is 2. The van der Waals surface area contributed by atoms with Crippen molar-refractivity contribution < 1.29 is 9.59 Å². The summed E-state index contributed by atoms with van der Waals surface area (Å²) >= 11 is 12.4. The summed E-state index contributed by atoms with van der Waals surface area (Å²) in [5, 5.41) is 3.68. The van der Waals surface area contributed by atoms with Crippen LogP contribution in [0.25, 0.3) is 0 Å². The van der Waals surface area contributed by atoms with Crippen molar-refractivity contribution >= 4 is 35.0 Å². The van der Waals surface area contributed by atoms with Crippen LogP contribution in [-0.2, 0) is 22.4 Å². The number of benzene rings is 2. The molecular formula is C21H24Cl2N2O2. The summed E-state index contributed by atoms with van der Waals surface area (Å²) in [4.78, 5) is 26.9. The lowest BCUT2D eigenvalue weighted by Crippen LogP contribution is -2.49. The molecule has 144 valence electrons. The van der Waals surface area contributed by atoms with Gasteiger partial charge in [-0.2, -0.15) is 0 Å². The molecule has 6 heteroatoms. The first-order valence-electron chi connectivity index (χ1n) is 8.98. The van der Waals surface area contributed by atoms with Crippen LogP contribution in [0.5, 0.6) is 0 Å². The normalized spacial score (nSPS) is 11.7. The van der Waals surface area contributed by atoms with E-state index in [4.69, 9.17) is 23.2 Å². The van der Waals surface area contributed by atoms with Crippen molar-refractivity contribution in [2.45, 2.75) is 32.7 Å². The van der Waals surface area contributed by atoms with Crippen molar-refractivity contribution in [3.05, 3.63) is 69.7 Å². The Labute approximate surface area is 170 Å². The largest absolute Gasteiger partial charge is 0.355 e. The Balaban J connectivity index is 2.19. The molecule has 2 rings (SSSR count). The first kappa shape index (κ1) is 21.3. The summed E-state index contributed by atoms with van der Waals surface area (Å²) in [5.74, 6) is -0.358. The molecule has 0 aliphatic carbocycles. The molecule has 0 fully saturated rings. The molecule has 0 saturated carbocycles. The van der Waals surface area contributed by atoms with Crippen LogP contribution in [0.1, 0.15) is 25.0 Å². The summed E-state index contributed by atoms with van der Waals surface area (Å²) in [6.07, 6.45) is 0.712. The van der Waals surface area contributed by atoms with Crippen molar-refractivity contribution in [3.63, 3.8) is 0 Å². The molecule has 0 bridgehead atoms. The lowest BCUT2D eigenvalue weighted by molar-refractivity contribution is -0.139. The fraction of sp³-hybridized carbons (Fsp3) is 0.333. The second-order valence-corrected chi connectivity index (χ2v) is 7.08. The summed E-state index contributed by atoms with van der Waals surface area (Å²) in [6.45, 7) is 4.54. The molecule has 0 spiro atoms. The van der Waals surface area contributed by atoms with E-state index in [9.17, 15) is 9.59 Å². The van der Waals surface area contributed by atoms with Crippen LogP contribution < -0.4 is 5.32 Å². The highest BCUT2D eigenvalue weighted by atomic mass is 35.5. The Morgan fingerprint density at radius 2 is 1.67 bits per heavy atom. The number of carbonyl (C=O) groups is 2. The van der Waals surface area contributed by atoms with Crippen molar-refractivity contribution in [1.82, 2.24) is 10.2 Å². The number of hydrogen-bond acceptors (Lipinski definition) is 2. The molecule has 2 amide bonds. The Morgan fingerprint density at radius 3 is 2.26 bits per heavy atom. The first-order valence-corrected chi connectivity index (χ1v) is 9.73. The molecule has 0 heterocycles. The highest BCUT2D eigenvalue weighted by Crippen LogP contribution is 2.25. The molecule has 1 atom stereocenters. The van der Waals surface area contributed by atoms with Crippen LogP contribution in [0.3, 0.4) is 0 Å². The Hall–Kier alpha value is -2.04. The molecule has 1 N–H and O–H groups in total. The molecule has 2 aromatic carbocycles. The van der Waals surface area contributed by atoms with Gasteiger partial charge in [0.25, 0.3) is 0 Å². The van der Waals surface area contributed by atoms with E-state index in [2.05, 4.69) is 5.32 Å². The third kappa shape index (κ3) is 5.98. The van der Waals surface area contributed by atoms with Gasteiger partial charge in [-0.3, -0.25) is 9.59 Å². The van der Waals surface area contributed by atoms with Gasteiger partial charge in [0.2, 0.25) is 11.8 Å². The summed E-state index contributed by atoms with van der Waals surface area (Å²) in [5.41, 5.74) is 1.69. The average molecular weight is 407 g/mol. The molecule has 0 radical (unpaired) electrons. The maximum Gasteiger partial charge on any atom is 0.242 e. The van der Waals surface area contributed by atoms with Gasteiger partial charge in [-0.25, -0.2) is 0 Å². The van der Waals surface area contributed by atoms with Crippen LogP contribution in [0.4, 0.5) is 0 Å². The monoisotopic (exact) mass is 406 g/mol. The average Bonchev–Trinajstić information content (AvgIpc) is 2.66. The molecule has 4 nitrogen and oxygen atoms in total. The minimum Gasteiger partial charge on any atom is -0.355 e. The molecule has 27 heavy (non-hydrogen) atoms. The maximum atomic E-state index is 13.0. The van der Waals surface area contributed by atoms with Gasteiger partial charge in [0.1, 0.15) is 6.04 Å². The minimum atomic E-state index is -0.581. The predicted molar refractivity (Wildman–Crippen MR) is 110 cm³/mol. The zero-order valence-corrected chi connectivity index (χ0v) is 17.1. The van der Waals surface area contributed by atoms with E-state index < -0.39 is 6.04 Å². The van der Waals surface area contributed by atoms with Crippen LogP contribution >= 0.6 is 23.2 Å². The SMILES string of the molecule is CCNC(=O)[C@H](C)N(CCc1ccccc1)C(=O)Cc1c(Cl)cccc1Cl. The van der Waals surface area contributed by atoms with Crippen molar-refractivity contribution in [2.24, 2.45) is 0 Å². The van der Waals surface area contributed by atoms with Gasteiger partial charge in [0.05, 0.1) is 6.42 Å². The number of halogens is 2. The van der Waals surface area contributed by atoms with Gasteiger partial charge in [0.15, 0.2) is 0 Å². The van der Waals surface area contributed by atoms with Gasteiger partial charge >= 0.3 is 0 Å². The Kier molecular flexibility index (Phi) is 8.14. The third-order valence-corrected chi connectivity index (χ3v) is 5.10. The zero-order valence-electron chi connectivity index (χ0n) is 15.5. The van der Waals surface area contributed by atoms with Gasteiger partial charge in [0, 0.05) is 23.1 Å². The van der Waals surface area contributed by atoms with Crippen molar-refractivity contribution in [3.8, 4) is 0 Å².